The van der Waals surface area contributed by atoms with Crippen molar-refractivity contribution >= 4 is 56.3 Å². The van der Waals surface area contributed by atoms with Crippen molar-refractivity contribution in [2.24, 2.45) is 0 Å². The van der Waals surface area contributed by atoms with E-state index in [9.17, 15) is 4.79 Å². The van der Waals surface area contributed by atoms with Crippen molar-refractivity contribution in [3.63, 3.8) is 0 Å². The molecule has 224 valence electrons. The number of carbonyl (C=O) groups excluding carboxylic acids is 1. The molecule has 42 heavy (non-hydrogen) atoms. The number of piperazine rings is 1. The van der Waals surface area contributed by atoms with Crippen molar-refractivity contribution in [3.8, 4) is 21.1 Å². The van der Waals surface area contributed by atoms with E-state index < -0.39 is 17.7 Å². The molecule has 0 radical (unpaired) electrons. The molecule has 0 amide bonds. The number of rotatable bonds is 8. The molecule has 5 rings (SSSR count). The third kappa shape index (κ3) is 6.65. The van der Waals surface area contributed by atoms with Crippen molar-refractivity contribution in [3.05, 3.63) is 51.9 Å². The molecular weight excluding hydrogens is 588 g/mol. The number of nitrogens with zero attached hydrogens (tertiary/aromatic N) is 4. The summed E-state index contributed by atoms with van der Waals surface area (Å²) in [6.07, 6.45) is -0.901. The van der Waals surface area contributed by atoms with Gasteiger partial charge in [0.25, 0.3) is 0 Å². The van der Waals surface area contributed by atoms with Crippen LogP contribution in [0.1, 0.15) is 58.8 Å². The highest BCUT2D eigenvalue weighted by Crippen LogP contribution is 2.45. The minimum absolute atomic E-state index is 0.268. The predicted octanol–water partition coefficient (Wildman–Crippen LogP) is 8.00. The monoisotopic (exact) mass is 626 g/mol. The van der Waals surface area contributed by atoms with Crippen molar-refractivity contribution in [2.75, 3.05) is 37.7 Å². The molecular formula is C32H39ClN4O3S2. The Bertz CT molecular complexity index is 1550. The predicted molar refractivity (Wildman–Crippen MR) is 175 cm³/mol. The lowest BCUT2D eigenvalue weighted by atomic mass is 9.91. The number of benzene rings is 2. The smallest absolute Gasteiger partial charge is 0.339 e. The van der Waals surface area contributed by atoms with Gasteiger partial charge in [-0.2, -0.15) is 0 Å². The summed E-state index contributed by atoms with van der Waals surface area (Å²) in [5.74, 6) is 0.602. The summed E-state index contributed by atoms with van der Waals surface area (Å²) in [7, 11) is 0. The Morgan fingerprint density at radius 1 is 1.07 bits per heavy atom. The third-order valence-corrected chi connectivity index (χ3v) is 9.65. The molecule has 0 unspecified atom stereocenters. The van der Waals surface area contributed by atoms with Crippen molar-refractivity contribution in [2.45, 2.75) is 66.2 Å². The Morgan fingerprint density at radius 2 is 1.76 bits per heavy atom. The fraction of sp³-hybridized carbons (Fsp3) is 0.469. The number of aromatic nitrogens is 2. The molecule has 0 spiro atoms. The van der Waals surface area contributed by atoms with Crippen molar-refractivity contribution in [1.82, 2.24) is 14.9 Å². The summed E-state index contributed by atoms with van der Waals surface area (Å²) in [5.41, 5.74) is 3.84. The zero-order chi connectivity index (χ0) is 30.2. The van der Waals surface area contributed by atoms with Gasteiger partial charge in [-0.3, -0.25) is 4.90 Å². The highest BCUT2D eigenvalue weighted by atomic mass is 35.5. The third-order valence-electron chi connectivity index (χ3n) is 7.34. The second-order valence-electron chi connectivity index (χ2n) is 11.8. The van der Waals surface area contributed by atoms with Gasteiger partial charge in [-0.1, -0.05) is 23.7 Å². The number of thiazole rings is 2. The number of aryl methyl sites for hydroxylation is 1. The van der Waals surface area contributed by atoms with Crippen LogP contribution in [-0.2, 0) is 14.3 Å². The molecule has 10 heteroatoms. The minimum atomic E-state index is -0.901. The van der Waals surface area contributed by atoms with Crippen LogP contribution in [-0.4, -0.2) is 65.3 Å². The van der Waals surface area contributed by atoms with E-state index >= 15 is 0 Å². The van der Waals surface area contributed by atoms with Crippen LogP contribution in [0.15, 0.2) is 35.7 Å². The summed E-state index contributed by atoms with van der Waals surface area (Å²) in [5, 5.41) is 4.54. The Balaban J connectivity index is 1.61. The number of hydrogen-bond acceptors (Lipinski definition) is 9. The van der Waals surface area contributed by atoms with Crippen LogP contribution in [0, 0.1) is 6.92 Å². The van der Waals surface area contributed by atoms with Crippen LogP contribution in [0.25, 0.3) is 31.4 Å². The van der Waals surface area contributed by atoms with Gasteiger partial charge in [0, 0.05) is 53.8 Å². The molecule has 0 bridgehead atoms. The first kappa shape index (κ1) is 30.9. The highest BCUT2D eigenvalue weighted by Gasteiger charge is 2.34. The molecule has 0 N–H and O–H groups in total. The van der Waals surface area contributed by atoms with Crippen molar-refractivity contribution in [1.29, 1.82) is 0 Å². The van der Waals surface area contributed by atoms with Gasteiger partial charge in [0.15, 0.2) is 16.1 Å². The van der Waals surface area contributed by atoms with E-state index in [1.165, 1.54) is 0 Å². The van der Waals surface area contributed by atoms with Crippen molar-refractivity contribution < 1.29 is 14.3 Å². The summed E-state index contributed by atoms with van der Waals surface area (Å²) in [6, 6.07) is 10.3. The number of fused-ring (bicyclic) bond motifs is 1. The molecule has 3 heterocycles. The molecule has 1 aliphatic rings. The summed E-state index contributed by atoms with van der Waals surface area (Å²) < 4.78 is 12.9. The number of carbonyl (C=O) groups is 1. The van der Waals surface area contributed by atoms with Crippen LogP contribution < -0.4 is 4.90 Å². The average Bonchev–Trinajstić information content (AvgIpc) is 3.59. The summed E-state index contributed by atoms with van der Waals surface area (Å²) >= 11 is 9.50. The number of hydrogen-bond donors (Lipinski definition) is 0. The van der Waals surface area contributed by atoms with Crippen LogP contribution in [0.2, 0.25) is 5.02 Å². The van der Waals surface area contributed by atoms with Gasteiger partial charge in [-0.05, 0) is 77.8 Å². The van der Waals surface area contributed by atoms with Crippen LogP contribution in [0.4, 0.5) is 5.82 Å². The van der Waals surface area contributed by atoms with Gasteiger partial charge >= 0.3 is 5.97 Å². The Labute approximate surface area is 261 Å². The fourth-order valence-electron chi connectivity index (χ4n) is 5.32. The standard InChI is InChI=1S/C32H39ClN4O3S2/c1-8-39-31(38)27(40-32(5,6)7)25-20(4)17-23-28(26(25)21-9-11-22(33)12-10-21)42-30(34-23)29-35-24(18-41-29)37-15-13-36(14-16-37)19(2)3/h9-12,17-19,27H,8,13-16H2,1-7H3/t27-/m0/s1. The molecule has 1 atom stereocenters. The van der Waals surface area contributed by atoms with E-state index in [1.807, 2.05) is 65.0 Å². The van der Waals surface area contributed by atoms with E-state index in [2.05, 4.69) is 29.0 Å². The summed E-state index contributed by atoms with van der Waals surface area (Å²) in [4.78, 5) is 28.3. The first-order chi connectivity index (χ1) is 19.9. The van der Waals surface area contributed by atoms with Gasteiger partial charge in [-0.15, -0.1) is 22.7 Å². The quantitative estimate of drug-likeness (QED) is 0.184. The van der Waals surface area contributed by atoms with Gasteiger partial charge in [0.2, 0.25) is 0 Å². The Hall–Kier alpha value is -2.56. The number of halogens is 1. The maximum Gasteiger partial charge on any atom is 0.339 e. The lowest BCUT2D eigenvalue weighted by molar-refractivity contribution is -0.166. The first-order valence-corrected chi connectivity index (χ1v) is 16.5. The lowest BCUT2D eigenvalue weighted by Crippen LogP contribution is -2.49. The van der Waals surface area contributed by atoms with Gasteiger partial charge < -0.3 is 14.4 Å². The maximum absolute atomic E-state index is 13.4. The first-order valence-electron chi connectivity index (χ1n) is 14.4. The molecule has 1 fully saturated rings. The molecule has 1 saturated heterocycles. The Kier molecular flexibility index (Phi) is 9.25. The van der Waals surface area contributed by atoms with E-state index in [-0.39, 0.29) is 6.61 Å². The SMILES string of the molecule is CCOC(=O)[C@@H](OC(C)(C)C)c1c(C)cc2nc(-c3nc(N4CCN(C(C)C)CC4)cs3)sc2c1-c1ccc(Cl)cc1. The van der Waals surface area contributed by atoms with Gasteiger partial charge in [0.05, 0.1) is 22.4 Å². The number of anilines is 1. The molecule has 2 aromatic carbocycles. The summed E-state index contributed by atoms with van der Waals surface area (Å²) in [6.45, 7) is 18.4. The molecule has 2 aromatic heterocycles. The average molecular weight is 627 g/mol. The molecule has 0 saturated carbocycles. The number of ether oxygens (including phenoxy) is 2. The van der Waals surface area contributed by atoms with E-state index in [1.54, 1.807) is 22.7 Å². The maximum atomic E-state index is 13.4. The minimum Gasteiger partial charge on any atom is -0.464 e. The van der Waals surface area contributed by atoms with Gasteiger partial charge in [-0.25, -0.2) is 14.8 Å². The molecule has 1 aliphatic heterocycles. The second kappa shape index (κ2) is 12.6. The molecule has 4 aromatic rings. The highest BCUT2D eigenvalue weighted by molar-refractivity contribution is 7.25. The Morgan fingerprint density at radius 3 is 2.38 bits per heavy atom. The zero-order valence-corrected chi connectivity index (χ0v) is 27.8. The molecule has 7 nitrogen and oxygen atoms in total. The fourth-order valence-corrected chi connectivity index (χ4v) is 7.43. The number of esters is 1. The van der Waals surface area contributed by atoms with Crippen LogP contribution in [0.5, 0.6) is 0 Å². The van der Waals surface area contributed by atoms with E-state index in [0.717, 1.165) is 74.5 Å². The molecule has 0 aliphatic carbocycles. The second-order valence-corrected chi connectivity index (χ2v) is 14.1. The van der Waals surface area contributed by atoms with E-state index in [0.29, 0.717) is 11.1 Å². The largest absolute Gasteiger partial charge is 0.464 e. The normalized spacial score (nSPS) is 15.5. The van der Waals surface area contributed by atoms with Crippen LogP contribution in [0.3, 0.4) is 0 Å². The lowest BCUT2D eigenvalue weighted by Gasteiger charge is -2.37. The van der Waals surface area contributed by atoms with Gasteiger partial charge in [0.1, 0.15) is 5.82 Å². The van der Waals surface area contributed by atoms with E-state index in [4.69, 9.17) is 31.0 Å². The topological polar surface area (TPSA) is 67.8 Å². The zero-order valence-electron chi connectivity index (χ0n) is 25.4. The van der Waals surface area contributed by atoms with Crippen LogP contribution >= 0.6 is 34.3 Å².